The third-order valence-electron chi connectivity index (χ3n) is 7.39. The van der Waals surface area contributed by atoms with Crippen molar-refractivity contribution >= 4 is 70.1 Å². The minimum absolute atomic E-state index is 0. The number of aliphatic carboxylic acids is 1. The summed E-state index contributed by atoms with van der Waals surface area (Å²) >= 11 is 0. The summed E-state index contributed by atoms with van der Waals surface area (Å²) in [5.41, 5.74) is 12.5. The number of anilines is 1. The highest BCUT2D eigenvalue weighted by Crippen LogP contribution is 2.30. The fraction of sp³-hybridized carbons (Fsp3) is 0.400. The van der Waals surface area contributed by atoms with E-state index in [1.165, 1.54) is 24.6 Å². The van der Waals surface area contributed by atoms with Crippen LogP contribution in [0.15, 0.2) is 53.5 Å². The number of rotatable bonds is 11. The van der Waals surface area contributed by atoms with Crippen LogP contribution >= 0.6 is 24.8 Å². The maximum absolute atomic E-state index is 13.1. The first kappa shape index (κ1) is 37.4. The predicted octanol–water partition coefficient (Wildman–Crippen LogP) is 3.66. The summed E-state index contributed by atoms with van der Waals surface area (Å²) in [6, 6.07) is 11.1. The normalized spacial score (nSPS) is 15.6. The molecule has 0 aromatic heterocycles. The first-order valence-corrected chi connectivity index (χ1v) is 15.9. The summed E-state index contributed by atoms with van der Waals surface area (Å²) in [4.78, 5) is 30.9. The lowest BCUT2D eigenvalue weighted by Gasteiger charge is -2.34. The number of piperidine rings is 1. The van der Waals surface area contributed by atoms with Gasteiger partial charge in [-0.15, -0.1) is 24.8 Å². The Kier molecular flexibility index (Phi) is 14.2. The molecular weight excluding hydrogens is 643 g/mol. The van der Waals surface area contributed by atoms with Crippen LogP contribution in [0, 0.1) is 5.41 Å². The number of nitrogens with one attached hydrogen (secondary N) is 1. The van der Waals surface area contributed by atoms with Crippen molar-refractivity contribution in [3.8, 4) is 5.75 Å². The van der Waals surface area contributed by atoms with Crippen LogP contribution < -0.4 is 20.5 Å². The highest BCUT2D eigenvalue weighted by molar-refractivity contribution is 7.93. The van der Waals surface area contributed by atoms with Crippen LogP contribution in [0.2, 0.25) is 0 Å². The van der Waals surface area contributed by atoms with Crippen LogP contribution in [-0.2, 0) is 14.8 Å². The Morgan fingerprint density at radius 2 is 1.82 bits per heavy atom. The number of hydrogen-bond acceptors (Lipinski definition) is 8. The molecule has 12 nitrogen and oxygen atoms in total. The molecule has 0 saturated carbocycles. The summed E-state index contributed by atoms with van der Waals surface area (Å²) in [5.74, 6) is -2.17. The van der Waals surface area contributed by atoms with Crippen LogP contribution in [0.4, 0.5) is 5.69 Å². The lowest BCUT2D eigenvalue weighted by atomic mass is 10.1. The van der Waals surface area contributed by atoms with E-state index in [9.17, 15) is 23.1 Å². The molecule has 0 aliphatic carbocycles. The number of carbonyl (C=O) groups excluding carboxylic acids is 1. The second-order valence-electron chi connectivity index (χ2n) is 10.6. The van der Waals surface area contributed by atoms with E-state index in [0.717, 1.165) is 61.9 Å². The standard InChI is InChI=1S/C30H38N6O6S.2ClH/c31-29(32)22-8-4-6-21(18-22)7-5-15-36(43(40,41)20-28(37)38)23-10-11-26(25(19-23)30(33)39)42-24-12-16-35(17-13-24)27-9-2-1-3-14-34-27;;/h4-8,10-11,18-19,24H,1-3,9,12-17,20H2,(H3,31,32)(H2,33,39)(H,37,38);2*1H/b7-5+;;. The first-order valence-electron chi connectivity index (χ1n) is 14.3. The molecular formula is C30H40Cl2N6O6S. The average Bonchev–Trinajstić information content (AvgIpc) is 3.25. The molecule has 2 aromatic rings. The fourth-order valence-corrected chi connectivity index (χ4v) is 6.42. The van der Waals surface area contributed by atoms with Crippen molar-refractivity contribution in [2.45, 2.75) is 44.6 Å². The van der Waals surface area contributed by atoms with Gasteiger partial charge in [0.2, 0.25) is 10.0 Å². The van der Waals surface area contributed by atoms with Gasteiger partial charge in [-0.3, -0.25) is 24.3 Å². The van der Waals surface area contributed by atoms with Crippen molar-refractivity contribution in [1.29, 1.82) is 5.41 Å². The third kappa shape index (κ3) is 10.4. The van der Waals surface area contributed by atoms with Crippen molar-refractivity contribution in [2.75, 3.05) is 36.2 Å². The predicted molar refractivity (Wildman–Crippen MR) is 181 cm³/mol. The molecule has 0 spiro atoms. The number of halogens is 2. The molecule has 1 saturated heterocycles. The molecule has 2 aliphatic heterocycles. The molecule has 4 rings (SSSR count). The fourth-order valence-electron chi connectivity index (χ4n) is 5.20. The molecule has 45 heavy (non-hydrogen) atoms. The molecule has 2 aromatic carbocycles. The molecule has 1 amide bonds. The minimum atomic E-state index is -4.33. The van der Waals surface area contributed by atoms with Crippen LogP contribution in [0.5, 0.6) is 5.75 Å². The van der Waals surface area contributed by atoms with Gasteiger partial charge in [-0.1, -0.05) is 36.8 Å². The van der Waals surface area contributed by atoms with E-state index in [1.54, 1.807) is 36.4 Å². The Balaban J connectivity index is 0.00000353. The number of carboxylic acid groups (broad SMARTS) is 1. The topological polar surface area (TPSA) is 192 Å². The van der Waals surface area contributed by atoms with Gasteiger partial charge in [0.25, 0.3) is 5.91 Å². The lowest BCUT2D eigenvalue weighted by Crippen LogP contribution is -2.42. The molecule has 1 fully saturated rings. The van der Waals surface area contributed by atoms with E-state index in [4.69, 9.17) is 26.6 Å². The van der Waals surface area contributed by atoms with Gasteiger partial charge >= 0.3 is 5.97 Å². The number of amidine groups is 2. The van der Waals surface area contributed by atoms with Crippen molar-refractivity contribution in [2.24, 2.45) is 16.5 Å². The van der Waals surface area contributed by atoms with Crippen LogP contribution in [0.3, 0.4) is 0 Å². The number of primary amides is 1. The molecule has 0 atom stereocenters. The average molecular weight is 684 g/mol. The third-order valence-corrected chi connectivity index (χ3v) is 9.03. The first-order chi connectivity index (χ1) is 20.5. The van der Waals surface area contributed by atoms with Crippen molar-refractivity contribution in [3.05, 3.63) is 65.2 Å². The maximum atomic E-state index is 13.1. The largest absolute Gasteiger partial charge is 0.489 e. The van der Waals surface area contributed by atoms with Crippen molar-refractivity contribution in [1.82, 2.24) is 4.90 Å². The van der Waals surface area contributed by atoms with Gasteiger partial charge < -0.3 is 26.2 Å². The number of amides is 1. The Labute approximate surface area is 275 Å². The van der Waals surface area contributed by atoms with Crippen molar-refractivity contribution < 1.29 is 27.9 Å². The number of carbonyl (C=O) groups is 2. The van der Waals surface area contributed by atoms with E-state index in [1.807, 2.05) is 0 Å². The highest BCUT2D eigenvalue weighted by atomic mass is 35.5. The quantitative estimate of drug-likeness (QED) is 0.204. The number of benzene rings is 2. The second-order valence-corrected chi connectivity index (χ2v) is 12.5. The van der Waals surface area contributed by atoms with E-state index in [2.05, 4.69) is 4.90 Å². The van der Waals surface area contributed by atoms with E-state index in [0.29, 0.717) is 11.1 Å². The zero-order valence-electron chi connectivity index (χ0n) is 24.8. The van der Waals surface area contributed by atoms with Gasteiger partial charge in [-0.2, -0.15) is 0 Å². The SMILES string of the molecule is Cl.Cl.N=C(N)c1cccc(/C=C/CN(c2ccc(OC3CCN(C4=NCCCCC4)CC3)c(C(N)=O)c2)S(=O)(=O)CC(=O)O)c1. The zero-order chi connectivity index (χ0) is 31.0. The van der Waals surface area contributed by atoms with E-state index in [-0.39, 0.29) is 60.3 Å². The number of likely N-dealkylation sites (tertiary alicyclic amines) is 1. The summed E-state index contributed by atoms with van der Waals surface area (Å²) in [6.07, 6.45) is 8.92. The van der Waals surface area contributed by atoms with Gasteiger partial charge in [0, 0.05) is 44.5 Å². The van der Waals surface area contributed by atoms with Gasteiger partial charge in [-0.05, 0) is 42.7 Å². The van der Waals surface area contributed by atoms with Crippen molar-refractivity contribution in [3.63, 3.8) is 0 Å². The second kappa shape index (κ2) is 17.0. The number of sulfonamides is 1. The highest BCUT2D eigenvalue weighted by Gasteiger charge is 2.28. The Morgan fingerprint density at radius 3 is 2.49 bits per heavy atom. The summed E-state index contributed by atoms with van der Waals surface area (Å²) in [6.45, 7) is 2.22. The van der Waals surface area contributed by atoms with Gasteiger partial charge in [0.15, 0.2) is 5.75 Å². The molecule has 0 radical (unpaired) electrons. The Morgan fingerprint density at radius 1 is 1.09 bits per heavy atom. The summed E-state index contributed by atoms with van der Waals surface area (Å²) in [7, 11) is -4.33. The minimum Gasteiger partial charge on any atom is -0.489 e. The van der Waals surface area contributed by atoms with E-state index < -0.39 is 27.7 Å². The van der Waals surface area contributed by atoms with E-state index >= 15 is 0 Å². The number of carboxylic acids is 1. The lowest BCUT2D eigenvalue weighted by molar-refractivity contribution is -0.134. The van der Waals surface area contributed by atoms with Gasteiger partial charge in [0.1, 0.15) is 17.7 Å². The molecule has 246 valence electrons. The van der Waals surface area contributed by atoms with Gasteiger partial charge in [-0.25, -0.2) is 8.42 Å². The summed E-state index contributed by atoms with van der Waals surface area (Å²) < 4.78 is 33.3. The number of ether oxygens (including phenoxy) is 1. The summed E-state index contributed by atoms with van der Waals surface area (Å²) in [5, 5.41) is 16.9. The molecule has 6 N–H and O–H groups in total. The molecule has 15 heteroatoms. The number of nitrogens with two attached hydrogens (primary N) is 2. The molecule has 2 heterocycles. The Bertz CT molecular complexity index is 1530. The molecule has 0 bridgehead atoms. The number of aliphatic imine (C=N–C) groups is 1. The van der Waals surface area contributed by atoms with Gasteiger partial charge in [0.05, 0.1) is 23.6 Å². The van der Waals surface area contributed by atoms with Crippen LogP contribution in [0.1, 0.15) is 60.0 Å². The monoisotopic (exact) mass is 682 g/mol. The van der Waals surface area contributed by atoms with Crippen LogP contribution in [-0.4, -0.2) is 80.0 Å². The zero-order valence-corrected chi connectivity index (χ0v) is 27.2. The number of nitrogens with zero attached hydrogens (tertiary/aromatic N) is 3. The number of nitrogen functional groups attached to an aromatic ring is 1. The molecule has 2 aliphatic rings. The Hall–Kier alpha value is -3.81. The number of hydrogen-bond donors (Lipinski definition) is 4. The molecule has 0 unspecified atom stereocenters. The van der Waals surface area contributed by atoms with Crippen LogP contribution in [0.25, 0.3) is 6.08 Å². The smallest absolute Gasteiger partial charge is 0.320 e. The maximum Gasteiger partial charge on any atom is 0.320 e.